The molecular weight excluding hydrogens is 391 g/mol. The predicted molar refractivity (Wildman–Crippen MR) is 60.9 cm³/mol. The Bertz CT molecular complexity index is 61.9. The molecule has 0 saturated heterocycles. The first-order chi connectivity index (χ1) is 5.41. The Hall–Kier alpha value is 1.54. The molecule has 0 rings (SSSR count). The summed E-state index contributed by atoms with van der Waals surface area (Å²) in [5, 5.41) is 0. The van der Waals surface area contributed by atoms with Crippen molar-refractivity contribution in [1.82, 2.24) is 0 Å². The third-order valence-electron chi connectivity index (χ3n) is 1.78. The predicted octanol–water partition coefficient (Wildman–Crippen LogP) is 3.41. The van der Waals surface area contributed by atoms with E-state index in [0.29, 0.717) is 20.9 Å². The summed E-state index contributed by atoms with van der Waals surface area (Å²) in [5.41, 5.74) is 0. The molecule has 1 nitrogen and oxygen atoms in total. The summed E-state index contributed by atoms with van der Waals surface area (Å²) >= 11 is 0.441. The summed E-state index contributed by atoms with van der Waals surface area (Å²) < 4.78 is 3.20. The number of hydrogen-bond acceptors (Lipinski definition) is 0. The summed E-state index contributed by atoms with van der Waals surface area (Å²) in [6, 6.07) is 0. The van der Waals surface area contributed by atoms with E-state index in [2.05, 4.69) is 13.8 Å². The molecule has 0 aromatic heterocycles. The van der Waals surface area contributed by atoms with Crippen molar-refractivity contribution in [3.8, 4) is 0 Å². The van der Waals surface area contributed by atoms with Gasteiger partial charge in [-0.25, -0.2) is 0 Å². The second kappa shape index (κ2) is 19.2. The molecule has 0 atom stereocenters. The minimum absolute atomic E-state index is 0. The van der Waals surface area contributed by atoms with Crippen molar-refractivity contribution in [2.75, 3.05) is 0 Å². The molecule has 13 heavy (non-hydrogen) atoms. The minimum Gasteiger partial charge on any atom is 0 e. The van der Waals surface area contributed by atoms with Crippen LogP contribution >= 0.6 is 0 Å². The van der Waals surface area contributed by atoms with Crippen molar-refractivity contribution in [2.24, 2.45) is 0 Å². The van der Waals surface area contributed by atoms with Crippen LogP contribution in [0.2, 0.25) is 8.94 Å². The Morgan fingerprint density at radius 1 is 0.769 bits per heavy atom. The van der Waals surface area contributed by atoms with Gasteiger partial charge < -0.3 is 0 Å². The third-order valence-corrected chi connectivity index (χ3v) is 5.08. The van der Waals surface area contributed by atoms with Gasteiger partial charge in [0, 0.05) is 29.1 Å². The van der Waals surface area contributed by atoms with Crippen LogP contribution in [0.3, 0.4) is 0 Å². The summed E-state index contributed by atoms with van der Waals surface area (Å²) in [5.74, 6) is 0. The van der Waals surface area contributed by atoms with Crippen molar-refractivity contribution < 1.29 is 5.48 Å². The SMILES string of the molecule is CCCCC[Te]CCCCC.[O].[Te]. The van der Waals surface area contributed by atoms with Gasteiger partial charge in [0.25, 0.3) is 0 Å². The van der Waals surface area contributed by atoms with E-state index in [1.165, 1.54) is 38.5 Å². The number of unbranched alkanes of at least 4 members (excludes halogenated alkanes) is 4. The number of hydrogen-bond donors (Lipinski definition) is 0. The molecule has 0 N–H and O–H groups in total. The summed E-state index contributed by atoms with van der Waals surface area (Å²) in [6.45, 7) is 4.58. The van der Waals surface area contributed by atoms with E-state index in [1.807, 2.05) is 0 Å². The van der Waals surface area contributed by atoms with Gasteiger partial charge in [-0.15, -0.1) is 0 Å². The zero-order valence-electron chi connectivity index (χ0n) is 8.88. The van der Waals surface area contributed by atoms with Crippen molar-refractivity contribution in [2.45, 2.75) is 61.3 Å². The zero-order valence-corrected chi connectivity index (χ0v) is 13.5. The molecule has 0 aromatic rings. The number of rotatable bonds is 8. The normalized spacial score (nSPS) is 8.77. The Labute approximate surface area is 111 Å². The molecule has 80 valence electrons. The molecule has 0 aromatic carbocycles. The third kappa shape index (κ3) is 19.8. The Morgan fingerprint density at radius 2 is 1.15 bits per heavy atom. The molecule has 0 spiro atoms. The van der Waals surface area contributed by atoms with Gasteiger partial charge in [-0.2, -0.15) is 0 Å². The van der Waals surface area contributed by atoms with Crippen molar-refractivity contribution >= 4 is 44.6 Å². The molecule has 0 heterocycles. The first-order valence-electron chi connectivity index (χ1n) is 4.99. The molecule has 0 unspecified atom stereocenters. The second-order valence-electron chi connectivity index (χ2n) is 3.03. The van der Waals surface area contributed by atoms with E-state index >= 15 is 0 Å². The van der Waals surface area contributed by atoms with Crippen molar-refractivity contribution in [1.29, 1.82) is 0 Å². The minimum atomic E-state index is 0. The van der Waals surface area contributed by atoms with E-state index in [1.54, 1.807) is 8.94 Å². The maximum atomic E-state index is 2.29. The van der Waals surface area contributed by atoms with E-state index in [0.717, 1.165) is 0 Å². The standard InChI is InChI=1S/C10H22Te.O.Te/c1-3-5-7-9-11-10-8-6-4-2;;/h3-10H2,1-2H3;;. The van der Waals surface area contributed by atoms with Crippen molar-refractivity contribution in [3.63, 3.8) is 0 Å². The maximum absolute atomic E-state index is 2.29. The monoisotopic (exact) mass is 418 g/mol. The Kier molecular flexibility index (Phi) is 29.5. The van der Waals surface area contributed by atoms with Crippen LogP contribution in [-0.4, -0.2) is 44.6 Å². The summed E-state index contributed by atoms with van der Waals surface area (Å²) in [7, 11) is 0. The first kappa shape index (κ1) is 20.0. The molecular formula is C10H22OTe2. The first-order valence-corrected chi connectivity index (χ1v) is 8.29. The fraction of sp³-hybridized carbons (Fsp3) is 1.00. The van der Waals surface area contributed by atoms with E-state index in [9.17, 15) is 0 Å². The maximum Gasteiger partial charge on any atom is 0 e. The van der Waals surface area contributed by atoms with E-state index < -0.39 is 0 Å². The molecule has 4 radical (unpaired) electrons. The average Bonchev–Trinajstić information content (AvgIpc) is 2.03. The molecule has 0 saturated carbocycles. The van der Waals surface area contributed by atoms with Crippen LogP contribution in [0.15, 0.2) is 0 Å². The summed E-state index contributed by atoms with van der Waals surface area (Å²) in [4.78, 5) is 0. The van der Waals surface area contributed by atoms with Gasteiger partial charge >= 0.3 is 82.2 Å². The van der Waals surface area contributed by atoms with Crippen LogP contribution in [0.25, 0.3) is 0 Å². The van der Waals surface area contributed by atoms with Crippen LogP contribution < -0.4 is 0 Å². The quantitative estimate of drug-likeness (QED) is 0.431. The molecule has 0 fully saturated rings. The fourth-order valence-corrected chi connectivity index (χ4v) is 3.92. The largest absolute Gasteiger partial charge is 0 e. The van der Waals surface area contributed by atoms with Gasteiger partial charge in [-0.3, -0.25) is 0 Å². The molecule has 0 aliphatic heterocycles. The molecule has 0 bridgehead atoms. The topological polar surface area (TPSA) is 28.5 Å². The molecule has 0 aliphatic rings. The Morgan fingerprint density at radius 3 is 1.46 bits per heavy atom. The van der Waals surface area contributed by atoms with E-state index in [-0.39, 0.29) is 29.1 Å². The van der Waals surface area contributed by atoms with Gasteiger partial charge in [-0.05, 0) is 0 Å². The second-order valence-corrected chi connectivity index (χ2v) is 6.52. The molecule has 0 aliphatic carbocycles. The van der Waals surface area contributed by atoms with Gasteiger partial charge in [0.15, 0.2) is 0 Å². The van der Waals surface area contributed by atoms with Crippen LogP contribution in [0, 0.1) is 0 Å². The Balaban J connectivity index is -0.000000500. The van der Waals surface area contributed by atoms with Crippen LogP contribution in [0.1, 0.15) is 52.4 Å². The fourth-order valence-electron chi connectivity index (χ4n) is 1.01. The molecule has 3 heteroatoms. The van der Waals surface area contributed by atoms with Gasteiger partial charge in [0.1, 0.15) is 0 Å². The van der Waals surface area contributed by atoms with Crippen molar-refractivity contribution in [3.05, 3.63) is 0 Å². The van der Waals surface area contributed by atoms with Crippen LogP contribution in [-0.2, 0) is 5.48 Å². The van der Waals surface area contributed by atoms with Crippen LogP contribution in [0.4, 0.5) is 0 Å². The van der Waals surface area contributed by atoms with E-state index in [4.69, 9.17) is 0 Å². The smallest absolute Gasteiger partial charge is 0 e. The average molecular weight is 413 g/mol. The van der Waals surface area contributed by atoms with Crippen LogP contribution in [0.5, 0.6) is 0 Å². The van der Waals surface area contributed by atoms with Gasteiger partial charge in [0.2, 0.25) is 0 Å². The summed E-state index contributed by atoms with van der Waals surface area (Å²) in [6.07, 6.45) is 8.76. The van der Waals surface area contributed by atoms with Gasteiger partial charge in [0.05, 0.1) is 0 Å². The zero-order chi connectivity index (χ0) is 8.36. The molecule has 0 amide bonds. The van der Waals surface area contributed by atoms with Gasteiger partial charge in [-0.1, -0.05) is 0 Å².